The van der Waals surface area contributed by atoms with E-state index in [9.17, 15) is 17.6 Å². The van der Waals surface area contributed by atoms with E-state index in [1.807, 2.05) is 31.1 Å². The van der Waals surface area contributed by atoms with Crippen LogP contribution in [0, 0.1) is 5.82 Å². The van der Waals surface area contributed by atoms with Gasteiger partial charge in [-0.3, -0.25) is 9.10 Å². The molecule has 8 heteroatoms. The van der Waals surface area contributed by atoms with Gasteiger partial charge in [0.1, 0.15) is 5.82 Å². The molecule has 0 radical (unpaired) electrons. The Kier molecular flexibility index (Phi) is 6.31. The number of hydrogen-bond acceptors (Lipinski definition) is 4. The van der Waals surface area contributed by atoms with E-state index in [2.05, 4.69) is 5.32 Å². The van der Waals surface area contributed by atoms with Crippen LogP contribution in [0.3, 0.4) is 0 Å². The first-order valence-corrected chi connectivity index (χ1v) is 11.3. The summed E-state index contributed by atoms with van der Waals surface area (Å²) in [6, 6.07) is 18.1. The Morgan fingerprint density at radius 3 is 2.19 bits per heavy atom. The van der Waals surface area contributed by atoms with Crippen molar-refractivity contribution in [2.45, 2.75) is 0 Å². The highest BCUT2D eigenvalue weighted by Gasteiger charge is 2.20. The van der Waals surface area contributed by atoms with Crippen LogP contribution in [0.15, 0.2) is 66.7 Å². The minimum atomic E-state index is -3.59. The van der Waals surface area contributed by atoms with Crippen molar-refractivity contribution in [1.82, 2.24) is 0 Å². The van der Waals surface area contributed by atoms with Crippen molar-refractivity contribution in [3.8, 4) is 11.1 Å². The molecular formula is C23H24FN3O3S. The molecule has 0 aromatic heterocycles. The number of amides is 1. The highest BCUT2D eigenvalue weighted by Crippen LogP contribution is 2.34. The summed E-state index contributed by atoms with van der Waals surface area (Å²) in [6.45, 7) is 0. The van der Waals surface area contributed by atoms with Gasteiger partial charge in [-0.25, -0.2) is 12.8 Å². The number of rotatable bonds is 6. The molecule has 0 unspecified atom stereocenters. The minimum Gasteiger partial charge on any atom is -0.377 e. The van der Waals surface area contributed by atoms with Crippen LogP contribution in [0.25, 0.3) is 11.1 Å². The average Bonchev–Trinajstić information content (AvgIpc) is 2.73. The fourth-order valence-corrected chi connectivity index (χ4v) is 3.71. The summed E-state index contributed by atoms with van der Waals surface area (Å²) in [7, 11) is 1.47. The summed E-state index contributed by atoms with van der Waals surface area (Å²) in [4.78, 5) is 14.9. The smallest absolute Gasteiger partial charge is 0.257 e. The number of halogens is 1. The lowest BCUT2D eigenvalue weighted by Crippen LogP contribution is -2.27. The van der Waals surface area contributed by atoms with Crippen LogP contribution >= 0.6 is 0 Å². The molecule has 3 rings (SSSR count). The predicted molar refractivity (Wildman–Crippen MR) is 124 cm³/mol. The van der Waals surface area contributed by atoms with Crippen LogP contribution in [0.4, 0.5) is 21.5 Å². The molecule has 1 N–H and O–H groups in total. The van der Waals surface area contributed by atoms with E-state index in [-0.39, 0.29) is 11.4 Å². The van der Waals surface area contributed by atoms with Crippen molar-refractivity contribution in [1.29, 1.82) is 0 Å². The van der Waals surface area contributed by atoms with Crippen molar-refractivity contribution >= 4 is 33.0 Å². The molecule has 3 aromatic rings. The maximum Gasteiger partial charge on any atom is 0.257 e. The maximum absolute atomic E-state index is 14.3. The van der Waals surface area contributed by atoms with Gasteiger partial charge in [-0.2, -0.15) is 0 Å². The number of benzene rings is 3. The predicted octanol–water partition coefficient (Wildman–Crippen LogP) is 4.21. The summed E-state index contributed by atoms with van der Waals surface area (Å²) < 4.78 is 39.7. The third kappa shape index (κ3) is 4.86. The van der Waals surface area contributed by atoms with Gasteiger partial charge in [0.05, 0.1) is 23.2 Å². The standard InChI is InChI=1S/C23H24FN3O3S/c1-26(2)21-12-8-6-10-18(21)23(28)25-20-15-16(17-9-5-7-11-19(17)24)13-14-22(20)27(3)31(4,29)30/h5-15H,1-4H3,(H,25,28). The zero-order valence-corrected chi connectivity index (χ0v) is 18.6. The maximum atomic E-state index is 14.3. The lowest BCUT2D eigenvalue weighted by molar-refractivity contribution is 0.102. The first-order chi connectivity index (χ1) is 14.6. The minimum absolute atomic E-state index is 0.257. The molecule has 0 aliphatic rings. The molecule has 0 fully saturated rings. The van der Waals surface area contributed by atoms with Gasteiger partial charge in [0, 0.05) is 32.4 Å². The molecule has 0 atom stereocenters. The quantitative estimate of drug-likeness (QED) is 0.622. The van der Waals surface area contributed by atoms with Gasteiger partial charge in [-0.15, -0.1) is 0 Å². The third-order valence-electron chi connectivity index (χ3n) is 4.90. The van der Waals surface area contributed by atoms with E-state index >= 15 is 0 Å². The van der Waals surface area contributed by atoms with Crippen LogP contribution < -0.4 is 14.5 Å². The summed E-state index contributed by atoms with van der Waals surface area (Å²) in [5.74, 6) is -0.819. The largest absolute Gasteiger partial charge is 0.377 e. The van der Waals surface area contributed by atoms with Crippen molar-refractivity contribution in [3.05, 3.63) is 78.1 Å². The van der Waals surface area contributed by atoms with Crippen molar-refractivity contribution in [2.24, 2.45) is 0 Å². The van der Waals surface area contributed by atoms with Gasteiger partial charge >= 0.3 is 0 Å². The Bertz CT molecular complexity index is 1230. The topological polar surface area (TPSA) is 69.7 Å². The molecule has 0 heterocycles. The second-order valence-corrected chi connectivity index (χ2v) is 9.32. The zero-order chi connectivity index (χ0) is 22.8. The van der Waals surface area contributed by atoms with Crippen LogP contribution in [-0.4, -0.2) is 41.7 Å². The molecule has 0 aliphatic carbocycles. The number of para-hydroxylation sites is 1. The van der Waals surface area contributed by atoms with Crippen LogP contribution in [0.5, 0.6) is 0 Å². The monoisotopic (exact) mass is 441 g/mol. The molecule has 1 amide bonds. The lowest BCUT2D eigenvalue weighted by atomic mass is 10.0. The molecule has 0 aliphatic heterocycles. The Labute approximate surface area is 182 Å². The number of carbonyl (C=O) groups excluding carboxylic acids is 1. The number of nitrogens with zero attached hydrogens (tertiary/aromatic N) is 2. The van der Waals surface area contributed by atoms with Crippen LogP contribution in [0.2, 0.25) is 0 Å². The summed E-state index contributed by atoms with van der Waals surface area (Å²) in [5.41, 5.74) is 2.53. The second-order valence-electron chi connectivity index (χ2n) is 7.31. The molecule has 0 bridgehead atoms. The lowest BCUT2D eigenvalue weighted by Gasteiger charge is -2.22. The van der Waals surface area contributed by atoms with Crippen LogP contribution in [-0.2, 0) is 10.0 Å². The van der Waals surface area contributed by atoms with E-state index < -0.39 is 21.7 Å². The summed E-state index contributed by atoms with van der Waals surface area (Å²) in [5, 5.41) is 2.81. The van der Waals surface area contributed by atoms with Gasteiger partial charge in [0.2, 0.25) is 10.0 Å². The molecule has 3 aromatic carbocycles. The van der Waals surface area contributed by atoms with Crippen LogP contribution in [0.1, 0.15) is 10.4 Å². The molecule has 31 heavy (non-hydrogen) atoms. The molecule has 0 saturated carbocycles. The third-order valence-corrected chi connectivity index (χ3v) is 6.09. The summed E-state index contributed by atoms with van der Waals surface area (Å²) in [6.07, 6.45) is 1.07. The first kappa shape index (κ1) is 22.3. The highest BCUT2D eigenvalue weighted by atomic mass is 32.2. The van der Waals surface area contributed by atoms with E-state index in [1.165, 1.54) is 13.1 Å². The molecule has 0 saturated heterocycles. The molecule has 6 nitrogen and oxygen atoms in total. The number of hydrogen-bond donors (Lipinski definition) is 1. The van der Waals surface area contributed by atoms with Gasteiger partial charge in [0.25, 0.3) is 5.91 Å². The van der Waals surface area contributed by atoms with Gasteiger partial charge in [-0.1, -0.05) is 36.4 Å². The number of anilines is 3. The number of carbonyl (C=O) groups is 1. The SMILES string of the molecule is CN(C)c1ccccc1C(=O)Nc1cc(-c2ccccc2F)ccc1N(C)S(C)(=O)=O. The van der Waals surface area contributed by atoms with Gasteiger partial charge in [0.15, 0.2) is 0 Å². The molecule has 162 valence electrons. The Morgan fingerprint density at radius 1 is 0.903 bits per heavy atom. The van der Waals surface area contributed by atoms with Gasteiger partial charge in [-0.05, 0) is 35.9 Å². The zero-order valence-electron chi connectivity index (χ0n) is 17.8. The van der Waals surface area contributed by atoms with E-state index in [1.54, 1.807) is 48.5 Å². The van der Waals surface area contributed by atoms with Crippen molar-refractivity contribution in [3.63, 3.8) is 0 Å². The highest BCUT2D eigenvalue weighted by molar-refractivity contribution is 7.92. The fourth-order valence-electron chi connectivity index (χ4n) is 3.20. The normalized spacial score (nSPS) is 11.1. The average molecular weight is 442 g/mol. The fraction of sp³-hybridized carbons (Fsp3) is 0.174. The Hall–Kier alpha value is -3.39. The number of sulfonamides is 1. The van der Waals surface area contributed by atoms with Crippen molar-refractivity contribution in [2.75, 3.05) is 41.9 Å². The Balaban J connectivity index is 2.11. The van der Waals surface area contributed by atoms with E-state index in [0.717, 1.165) is 10.6 Å². The summed E-state index contributed by atoms with van der Waals surface area (Å²) >= 11 is 0. The van der Waals surface area contributed by atoms with E-state index in [0.29, 0.717) is 22.4 Å². The Morgan fingerprint density at radius 2 is 1.55 bits per heavy atom. The second kappa shape index (κ2) is 8.77. The number of nitrogens with one attached hydrogen (secondary N) is 1. The van der Waals surface area contributed by atoms with E-state index in [4.69, 9.17) is 0 Å². The van der Waals surface area contributed by atoms with Gasteiger partial charge < -0.3 is 10.2 Å². The first-order valence-electron chi connectivity index (χ1n) is 9.50. The molecular weight excluding hydrogens is 417 g/mol. The molecule has 0 spiro atoms. The van der Waals surface area contributed by atoms with Crippen molar-refractivity contribution < 1.29 is 17.6 Å².